The number of sulfone groups is 1. The quantitative estimate of drug-likeness (QED) is 0.814. The highest BCUT2D eigenvalue weighted by Crippen LogP contribution is 2.42. The minimum absolute atomic E-state index is 0.00778. The van der Waals surface area contributed by atoms with Crippen LogP contribution in [0.3, 0.4) is 0 Å². The van der Waals surface area contributed by atoms with Gasteiger partial charge in [0.15, 0.2) is 9.84 Å². The first kappa shape index (κ1) is 13.9. The zero-order chi connectivity index (χ0) is 13.3. The monoisotopic (exact) mass is 304 g/mol. The third-order valence-corrected chi connectivity index (χ3v) is 6.11. The van der Waals surface area contributed by atoms with Crippen molar-refractivity contribution in [2.75, 3.05) is 5.75 Å². The first-order chi connectivity index (χ1) is 8.43. The van der Waals surface area contributed by atoms with Crippen LogP contribution in [0, 0.1) is 0 Å². The lowest BCUT2D eigenvalue weighted by Crippen LogP contribution is -2.09. The van der Waals surface area contributed by atoms with Crippen LogP contribution in [-0.4, -0.2) is 24.1 Å². The Morgan fingerprint density at radius 1 is 1.56 bits per heavy atom. The Balaban J connectivity index is 2.24. The van der Waals surface area contributed by atoms with Crippen LogP contribution in [-0.2, 0) is 15.6 Å². The molecule has 7 heteroatoms. The van der Waals surface area contributed by atoms with Gasteiger partial charge in [-0.05, 0) is 19.3 Å². The molecule has 2 N–H and O–H groups in total. The van der Waals surface area contributed by atoms with Crippen LogP contribution in [0.1, 0.15) is 47.7 Å². The molecule has 1 saturated carbocycles. The van der Waals surface area contributed by atoms with E-state index in [0.717, 1.165) is 23.4 Å². The molecule has 18 heavy (non-hydrogen) atoms. The van der Waals surface area contributed by atoms with E-state index in [9.17, 15) is 8.42 Å². The van der Waals surface area contributed by atoms with Crippen molar-refractivity contribution in [3.8, 4) is 0 Å². The molecule has 4 nitrogen and oxygen atoms in total. The van der Waals surface area contributed by atoms with Crippen molar-refractivity contribution < 1.29 is 8.42 Å². The van der Waals surface area contributed by atoms with Crippen molar-refractivity contribution in [1.29, 1.82) is 0 Å². The summed E-state index contributed by atoms with van der Waals surface area (Å²) >= 11 is 6.33. The van der Waals surface area contributed by atoms with Crippen LogP contribution >= 0.6 is 23.6 Å². The zero-order valence-corrected chi connectivity index (χ0v) is 12.6. The average Bonchev–Trinajstić information content (AvgIpc) is 3.00. The van der Waals surface area contributed by atoms with E-state index in [-0.39, 0.29) is 11.5 Å². The van der Waals surface area contributed by atoms with Gasteiger partial charge in [0.05, 0.1) is 16.3 Å². The number of hydrogen-bond donors (Lipinski definition) is 1. The maximum Gasteiger partial charge on any atom is 0.156 e. The molecule has 0 aliphatic heterocycles. The largest absolute Gasteiger partial charge is 0.389 e. The summed E-state index contributed by atoms with van der Waals surface area (Å²) in [6, 6.07) is 0. The minimum atomic E-state index is -3.06. The first-order valence-electron chi connectivity index (χ1n) is 5.92. The Hall–Kier alpha value is -0.530. The molecule has 0 amide bonds. The fourth-order valence-electron chi connectivity index (χ4n) is 1.82. The van der Waals surface area contributed by atoms with E-state index in [2.05, 4.69) is 4.98 Å². The van der Waals surface area contributed by atoms with E-state index in [0.29, 0.717) is 22.3 Å². The third-order valence-electron chi connectivity index (χ3n) is 2.74. The van der Waals surface area contributed by atoms with Crippen LogP contribution < -0.4 is 5.73 Å². The van der Waals surface area contributed by atoms with E-state index in [1.165, 1.54) is 11.3 Å². The number of nitrogens with zero attached hydrogens (tertiary/aromatic N) is 1. The van der Waals surface area contributed by atoms with Crippen molar-refractivity contribution in [3.63, 3.8) is 0 Å². The molecule has 1 heterocycles. The normalized spacial score (nSPS) is 15.8. The van der Waals surface area contributed by atoms with E-state index in [4.69, 9.17) is 18.0 Å². The molecule has 0 radical (unpaired) electrons. The molecule has 0 saturated heterocycles. The summed E-state index contributed by atoms with van der Waals surface area (Å²) in [5.41, 5.74) is 6.58. The maximum absolute atomic E-state index is 11.8. The van der Waals surface area contributed by atoms with Crippen molar-refractivity contribution in [2.24, 2.45) is 5.73 Å². The van der Waals surface area contributed by atoms with Crippen LogP contribution in [0.5, 0.6) is 0 Å². The number of thiazole rings is 1. The van der Waals surface area contributed by atoms with Gasteiger partial charge in [0, 0.05) is 5.92 Å². The topological polar surface area (TPSA) is 73.0 Å². The average molecular weight is 304 g/mol. The highest BCUT2D eigenvalue weighted by Gasteiger charge is 2.31. The molecular formula is C11H16N2O2S3. The molecule has 1 aromatic heterocycles. The second kappa shape index (κ2) is 5.22. The molecule has 0 unspecified atom stereocenters. The predicted octanol–water partition coefficient (Wildman–Crippen LogP) is 1.98. The van der Waals surface area contributed by atoms with Crippen LogP contribution in [0.4, 0.5) is 0 Å². The number of hydrogen-bond acceptors (Lipinski definition) is 5. The van der Waals surface area contributed by atoms with Gasteiger partial charge in [-0.3, -0.25) is 0 Å². The standard InChI is InChI=1S/C11H16N2O2S3/c1-2-5-18(14,15)6-8-13-9(7-3-4-7)10(17-8)11(12)16/h7H,2-6H2,1H3,(H2,12,16). The summed E-state index contributed by atoms with van der Waals surface area (Å²) in [6.07, 6.45) is 2.83. The highest BCUT2D eigenvalue weighted by molar-refractivity contribution is 7.90. The lowest BCUT2D eigenvalue weighted by atomic mass is 10.2. The molecule has 1 fully saturated rings. The highest BCUT2D eigenvalue weighted by atomic mass is 32.2. The smallest absolute Gasteiger partial charge is 0.156 e. The fraction of sp³-hybridized carbons (Fsp3) is 0.636. The second-order valence-corrected chi connectivity index (χ2v) is 8.26. The Kier molecular flexibility index (Phi) is 4.03. The number of aromatic nitrogens is 1. The lowest BCUT2D eigenvalue weighted by molar-refractivity contribution is 0.593. The fourth-order valence-corrected chi connectivity index (χ4v) is 4.83. The van der Waals surface area contributed by atoms with Gasteiger partial charge < -0.3 is 5.73 Å². The molecular weight excluding hydrogens is 288 g/mol. The van der Waals surface area contributed by atoms with Gasteiger partial charge in [0.1, 0.15) is 15.7 Å². The molecule has 0 aromatic carbocycles. The van der Waals surface area contributed by atoms with Gasteiger partial charge in [-0.1, -0.05) is 19.1 Å². The Morgan fingerprint density at radius 3 is 2.72 bits per heavy atom. The third kappa shape index (κ3) is 3.27. The molecule has 0 atom stereocenters. The molecule has 2 rings (SSSR count). The van der Waals surface area contributed by atoms with Crippen molar-refractivity contribution in [1.82, 2.24) is 4.98 Å². The Bertz CT molecular complexity index is 559. The summed E-state index contributed by atoms with van der Waals surface area (Å²) < 4.78 is 23.6. The van der Waals surface area contributed by atoms with Crippen molar-refractivity contribution in [3.05, 3.63) is 15.6 Å². The second-order valence-electron chi connectivity index (χ2n) is 4.55. The molecule has 1 aliphatic carbocycles. The molecule has 1 aliphatic rings. The van der Waals surface area contributed by atoms with Crippen LogP contribution in [0.2, 0.25) is 0 Å². The SMILES string of the molecule is CCCS(=O)(=O)Cc1nc(C2CC2)c(C(N)=S)s1. The summed E-state index contributed by atoms with van der Waals surface area (Å²) in [7, 11) is -3.06. The van der Waals surface area contributed by atoms with Gasteiger partial charge in [0.2, 0.25) is 0 Å². The first-order valence-corrected chi connectivity index (χ1v) is 8.97. The van der Waals surface area contributed by atoms with Crippen LogP contribution in [0.25, 0.3) is 0 Å². The molecule has 100 valence electrons. The Morgan fingerprint density at radius 2 is 2.22 bits per heavy atom. The lowest BCUT2D eigenvalue weighted by Gasteiger charge is -1.98. The summed E-state index contributed by atoms with van der Waals surface area (Å²) in [5, 5.41) is 0.619. The van der Waals surface area contributed by atoms with Gasteiger partial charge in [0.25, 0.3) is 0 Å². The Labute approximate surface area is 117 Å². The number of nitrogens with two attached hydrogens (primary N) is 1. The molecule has 0 bridgehead atoms. The number of rotatable bonds is 6. The van der Waals surface area contributed by atoms with Crippen LogP contribution in [0.15, 0.2) is 0 Å². The summed E-state index contributed by atoms with van der Waals surface area (Å²) in [4.78, 5) is 5.56. The summed E-state index contributed by atoms with van der Waals surface area (Å²) in [6.45, 7) is 1.86. The minimum Gasteiger partial charge on any atom is -0.389 e. The van der Waals surface area contributed by atoms with E-state index in [1.807, 2.05) is 6.92 Å². The van der Waals surface area contributed by atoms with Gasteiger partial charge >= 0.3 is 0 Å². The van der Waals surface area contributed by atoms with Gasteiger partial charge in [-0.25, -0.2) is 13.4 Å². The van der Waals surface area contributed by atoms with Crippen molar-refractivity contribution in [2.45, 2.75) is 37.9 Å². The number of thiocarbonyl (C=S) groups is 1. The van der Waals surface area contributed by atoms with E-state index < -0.39 is 9.84 Å². The van der Waals surface area contributed by atoms with E-state index in [1.54, 1.807) is 0 Å². The van der Waals surface area contributed by atoms with Gasteiger partial charge in [-0.15, -0.1) is 11.3 Å². The molecule has 1 aromatic rings. The summed E-state index contributed by atoms with van der Waals surface area (Å²) in [5.74, 6) is 0.641. The maximum atomic E-state index is 11.8. The molecule has 0 spiro atoms. The van der Waals surface area contributed by atoms with Crippen molar-refractivity contribution >= 4 is 38.4 Å². The predicted molar refractivity (Wildman–Crippen MR) is 77.8 cm³/mol. The van der Waals surface area contributed by atoms with Gasteiger partial charge in [-0.2, -0.15) is 0 Å². The van der Waals surface area contributed by atoms with E-state index >= 15 is 0 Å². The zero-order valence-electron chi connectivity index (χ0n) is 10.2.